The van der Waals surface area contributed by atoms with Crippen LogP contribution < -0.4 is 0 Å². The molecule has 0 fully saturated rings. The van der Waals surface area contributed by atoms with Gasteiger partial charge in [0, 0.05) is 0 Å². The van der Waals surface area contributed by atoms with Crippen LogP contribution in [0, 0.1) is 0 Å². The fraction of sp³-hybridized carbons (Fsp3) is 0.765. The molecule has 0 unspecified atom stereocenters. The fourth-order valence-electron chi connectivity index (χ4n) is 3.63. The van der Waals surface area contributed by atoms with Crippen LogP contribution in [0.2, 0.25) is 0 Å². The van der Waals surface area contributed by atoms with Crippen LogP contribution in [-0.4, -0.2) is 49.3 Å². The van der Waals surface area contributed by atoms with Gasteiger partial charge in [-0.3, -0.25) is 0 Å². The summed E-state index contributed by atoms with van der Waals surface area (Å²) in [6.07, 6.45) is 8.44. The summed E-state index contributed by atoms with van der Waals surface area (Å²) in [5.74, 6) is 0. The Hall–Kier alpha value is 0.243. The van der Waals surface area contributed by atoms with Gasteiger partial charge in [-0.05, 0) is 0 Å². The quantitative estimate of drug-likeness (QED) is 0.610. The van der Waals surface area contributed by atoms with E-state index in [0.717, 1.165) is 19.6 Å². The first kappa shape index (κ1) is 19.3. The second-order valence-corrected chi connectivity index (χ2v) is 16.3. The van der Waals surface area contributed by atoms with Crippen LogP contribution in [0.1, 0.15) is 47.0 Å². The summed E-state index contributed by atoms with van der Waals surface area (Å²) in [5.41, 5.74) is 1.63. The Balaban J connectivity index is 3.45. The fourth-order valence-corrected chi connectivity index (χ4v) is 17.1. The zero-order valence-corrected chi connectivity index (χ0v) is 17.7. The van der Waals surface area contributed by atoms with Gasteiger partial charge in [0.1, 0.15) is 0 Å². The molecule has 0 aromatic heterocycles. The summed E-state index contributed by atoms with van der Waals surface area (Å²) in [7, 11) is 7.05. The molecule has 0 aliphatic heterocycles. The van der Waals surface area contributed by atoms with E-state index in [-0.39, 0.29) is 0 Å². The normalized spacial score (nSPS) is 16.1. The van der Waals surface area contributed by atoms with Gasteiger partial charge in [0.05, 0.1) is 0 Å². The van der Waals surface area contributed by atoms with Crippen LogP contribution >= 0.6 is 0 Å². The van der Waals surface area contributed by atoms with Crippen molar-refractivity contribution in [3.05, 3.63) is 21.0 Å². The molecule has 1 aliphatic carbocycles. The molecule has 0 aromatic carbocycles. The summed E-state index contributed by atoms with van der Waals surface area (Å²) in [6.45, 7) is 12.6. The molecule has 0 heterocycles. The van der Waals surface area contributed by atoms with Gasteiger partial charge >= 0.3 is 138 Å². The summed E-state index contributed by atoms with van der Waals surface area (Å²) in [5, 5.41) is 0. The van der Waals surface area contributed by atoms with Gasteiger partial charge in [-0.15, -0.1) is 0 Å². The van der Waals surface area contributed by atoms with Crippen molar-refractivity contribution in [3.8, 4) is 0 Å². The summed E-state index contributed by atoms with van der Waals surface area (Å²) < 4.78 is 9.91. The Morgan fingerprint density at radius 1 is 0.905 bits per heavy atom. The maximum atomic E-state index is 2.71. The Morgan fingerprint density at radius 3 is 1.76 bits per heavy atom. The minimum atomic E-state index is -2.90. The van der Waals surface area contributed by atoms with Gasteiger partial charge in [-0.25, -0.2) is 0 Å². The predicted molar refractivity (Wildman–Crippen MR) is 90.6 cm³/mol. The van der Waals surface area contributed by atoms with Crippen molar-refractivity contribution in [2.45, 2.75) is 47.0 Å². The van der Waals surface area contributed by atoms with Crippen LogP contribution in [0.5, 0.6) is 0 Å². The molecular formula is C17H35N3Zr. The third kappa shape index (κ3) is 3.60. The van der Waals surface area contributed by atoms with E-state index in [4.69, 9.17) is 0 Å². The second kappa shape index (κ2) is 8.77. The average molecular weight is 373 g/mol. The van der Waals surface area contributed by atoms with E-state index in [1.54, 1.807) is 8.85 Å². The molecule has 0 radical (unpaired) electrons. The predicted octanol–water partition coefficient (Wildman–Crippen LogP) is 3.75. The summed E-state index contributed by atoms with van der Waals surface area (Å²) in [6, 6.07) is 0. The molecule has 1 rings (SSSR count). The van der Waals surface area contributed by atoms with Crippen LogP contribution in [0.25, 0.3) is 0 Å². The van der Waals surface area contributed by atoms with Crippen molar-refractivity contribution in [1.82, 2.24) is 8.53 Å². The molecule has 0 bridgehead atoms. The van der Waals surface area contributed by atoms with Crippen LogP contribution in [0.4, 0.5) is 0 Å². The first-order valence-corrected chi connectivity index (χ1v) is 13.1. The van der Waals surface area contributed by atoms with E-state index in [2.05, 4.69) is 69.5 Å². The molecule has 3 nitrogen and oxygen atoms in total. The van der Waals surface area contributed by atoms with E-state index in [9.17, 15) is 0 Å². The molecular weight excluding hydrogens is 337 g/mol. The molecule has 0 saturated heterocycles. The Bertz CT molecular complexity index is 363. The number of rotatable bonds is 9. The molecule has 21 heavy (non-hydrogen) atoms. The number of allylic oxidation sites excluding steroid dienone is 4. The van der Waals surface area contributed by atoms with Gasteiger partial charge < -0.3 is 0 Å². The van der Waals surface area contributed by atoms with Crippen LogP contribution in [0.15, 0.2) is 21.0 Å². The molecule has 0 saturated carbocycles. The Morgan fingerprint density at radius 2 is 1.38 bits per heavy atom. The van der Waals surface area contributed by atoms with Crippen LogP contribution in [-0.2, 0) is 21.1 Å². The van der Waals surface area contributed by atoms with Crippen molar-refractivity contribution in [2.75, 3.05) is 40.8 Å². The topological polar surface area (TPSA) is 9.72 Å². The van der Waals surface area contributed by atoms with E-state index >= 15 is 0 Å². The molecule has 4 heteroatoms. The van der Waals surface area contributed by atoms with Gasteiger partial charge in [0.2, 0.25) is 0 Å². The summed E-state index contributed by atoms with van der Waals surface area (Å²) >= 11 is -2.90. The maximum absolute atomic E-state index is 2.90. The van der Waals surface area contributed by atoms with Gasteiger partial charge in [0.15, 0.2) is 0 Å². The second-order valence-electron chi connectivity index (χ2n) is 6.04. The minimum absolute atomic E-state index is 1.13. The third-order valence-electron chi connectivity index (χ3n) is 4.97. The van der Waals surface area contributed by atoms with Gasteiger partial charge in [0.25, 0.3) is 0 Å². The number of nitrogens with zero attached hydrogens (tertiary/aromatic N) is 3. The first-order valence-electron chi connectivity index (χ1n) is 8.53. The van der Waals surface area contributed by atoms with Crippen LogP contribution in [0.3, 0.4) is 0 Å². The molecule has 0 amide bonds. The van der Waals surface area contributed by atoms with Crippen molar-refractivity contribution in [1.29, 1.82) is 0 Å². The molecule has 0 spiro atoms. The SMILES string of the molecule is CCCC1=[C]([Zr]([N](C)CC)([N](C)CC)[N](C)CC)CC=C1. The zero-order valence-electron chi connectivity index (χ0n) is 15.2. The molecule has 1 aliphatic rings. The molecule has 0 atom stereocenters. The Kier molecular flexibility index (Phi) is 8.05. The van der Waals surface area contributed by atoms with E-state index in [1.807, 2.05) is 0 Å². The van der Waals surface area contributed by atoms with Crippen molar-refractivity contribution >= 4 is 0 Å². The zero-order chi connectivity index (χ0) is 16.0. The van der Waals surface area contributed by atoms with Crippen molar-refractivity contribution in [3.63, 3.8) is 0 Å². The summed E-state index contributed by atoms with van der Waals surface area (Å²) in [4.78, 5) is 0. The van der Waals surface area contributed by atoms with Gasteiger partial charge in [-0.2, -0.15) is 0 Å². The van der Waals surface area contributed by atoms with Crippen molar-refractivity contribution in [2.24, 2.45) is 0 Å². The standard InChI is InChI=1S/C8H11.3C3H8N.Zr/c1-2-5-8-6-3-4-7-8;3*1-3-4-2;/h3,6H,2,4-5H2,1H3;3*3H2,1-2H3;/q;3*-1;+3. The van der Waals surface area contributed by atoms with E-state index < -0.39 is 21.1 Å². The Labute approximate surface area is 138 Å². The van der Waals surface area contributed by atoms with E-state index in [1.165, 1.54) is 19.3 Å². The molecule has 122 valence electrons. The molecule has 0 aromatic rings. The molecule has 0 N–H and O–H groups in total. The number of hydrogen-bond donors (Lipinski definition) is 0. The van der Waals surface area contributed by atoms with Gasteiger partial charge in [-0.1, -0.05) is 0 Å². The van der Waals surface area contributed by atoms with Crippen molar-refractivity contribution < 1.29 is 21.1 Å². The van der Waals surface area contributed by atoms with E-state index in [0.29, 0.717) is 0 Å². The number of hydrogen-bond acceptors (Lipinski definition) is 3. The third-order valence-corrected chi connectivity index (χ3v) is 18.4. The first-order chi connectivity index (χ1) is 10.00. The monoisotopic (exact) mass is 371 g/mol. The average Bonchev–Trinajstić information content (AvgIpc) is 2.96.